The minimum atomic E-state index is -2.78. The Morgan fingerprint density at radius 3 is 2.51 bits per heavy atom. The molecule has 1 atom stereocenters. The summed E-state index contributed by atoms with van der Waals surface area (Å²) >= 11 is 6.39. The van der Waals surface area contributed by atoms with Crippen molar-refractivity contribution >= 4 is 29.4 Å². The lowest BCUT2D eigenvalue weighted by molar-refractivity contribution is -0.0356. The molecular weight excluding hydrogens is 691 g/mol. The van der Waals surface area contributed by atoms with Crippen molar-refractivity contribution in [2.24, 2.45) is 5.41 Å². The highest BCUT2D eigenvalue weighted by molar-refractivity contribution is 6.31. The number of aromatic nitrogens is 4. The van der Waals surface area contributed by atoms with E-state index >= 15 is 0 Å². The molecule has 16 heteroatoms. The number of benzene rings is 1. The molecule has 2 aromatic heterocycles. The van der Waals surface area contributed by atoms with Crippen LogP contribution in [-0.2, 0) is 11.2 Å². The van der Waals surface area contributed by atoms with Gasteiger partial charge in [0.15, 0.2) is 11.0 Å². The van der Waals surface area contributed by atoms with Crippen molar-refractivity contribution in [3.05, 3.63) is 58.3 Å². The van der Waals surface area contributed by atoms with Crippen LogP contribution in [0.4, 0.5) is 23.8 Å². The number of carbonyl (C=O) groups is 2. The Hall–Kier alpha value is -4.40. The molecule has 274 valence electrons. The van der Waals surface area contributed by atoms with Crippen LogP contribution in [0.15, 0.2) is 30.5 Å². The summed E-state index contributed by atoms with van der Waals surface area (Å²) in [4.78, 5) is 39.8. The highest BCUT2D eigenvalue weighted by Gasteiger charge is 2.54. The van der Waals surface area contributed by atoms with E-state index in [1.807, 2.05) is 38.7 Å². The average Bonchev–Trinajstić information content (AvgIpc) is 3.01. The molecule has 3 aromatic rings. The molecule has 4 heterocycles. The molecule has 51 heavy (non-hydrogen) atoms. The molecule has 1 aliphatic carbocycles. The SMILES string of the molecule is CC(C)N(CC(F)F)C(=O)c1cc(F)ccc1Oc1nnc(Cl)c(N2CC3(CC(Oc4ccnc5c4C(C)N(C(=O)OC(C)(C)C)CC5)C3)C2)n1. The van der Waals surface area contributed by atoms with Crippen LogP contribution in [0, 0.1) is 11.2 Å². The van der Waals surface area contributed by atoms with E-state index in [9.17, 15) is 22.8 Å². The van der Waals surface area contributed by atoms with Crippen molar-refractivity contribution in [2.45, 2.75) is 91.0 Å². The Labute approximate surface area is 299 Å². The third-order valence-electron chi connectivity index (χ3n) is 9.30. The maximum absolute atomic E-state index is 14.2. The van der Waals surface area contributed by atoms with Crippen LogP contribution >= 0.6 is 11.6 Å². The Morgan fingerprint density at radius 2 is 1.84 bits per heavy atom. The maximum atomic E-state index is 14.2. The third kappa shape index (κ3) is 7.77. The second kappa shape index (κ2) is 14.0. The molecule has 12 nitrogen and oxygen atoms in total. The number of nitrogens with zero attached hydrogens (tertiary/aromatic N) is 7. The molecule has 1 unspecified atom stereocenters. The van der Waals surface area contributed by atoms with Gasteiger partial charge in [-0.05, 0) is 78.6 Å². The predicted molar refractivity (Wildman–Crippen MR) is 181 cm³/mol. The lowest BCUT2D eigenvalue weighted by atomic mass is 9.61. The van der Waals surface area contributed by atoms with Gasteiger partial charge in [-0.25, -0.2) is 18.0 Å². The molecule has 6 rings (SSSR count). The van der Waals surface area contributed by atoms with Crippen molar-refractivity contribution in [3.8, 4) is 17.5 Å². The summed E-state index contributed by atoms with van der Waals surface area (Å²) in [6, 6.07) is 3.98. The van der Waals surface area contributed by atoms with Gasteiger partial charge in [0.1, 0.15) is 29.0 Å². The molecule has 1 saturated heterocycles. The highest BCUT2D eigenvalue weighted by Crippen LogP contribution is 2.52. The molecular formula is C35H41ClF3N7O5. The van der Waals surface area contributed by atoms with Crippen LogP contribution in [0.2, 0.25) is 5.15 Å². The number of fused-ring (bicyclic) bond motifs is 1. The van der Waals surface area contributed by atoms with Crippen LogP contribution < -0.4 is 14.4 Å². The van der Waals surface area contributed by atoms with Crippen LogP contribution in [0.25, 0.3) is 0 Å². The summed E-state index contributed by atoms with van der Waals surface area (Å²) in [5.41, 5.74) is 0.924. The first kappa shape index (κ1) is 36.4. The number of amides is 2. The van der Waals surface area contributed by atoms with E-state index in [1.54, 1.807) is 24.9 Å². The number of hydrogen-bond donors (Lipinski definition) is 0. The van der Waals surface area contributed by atoms with Gasteiger partial charge in [0, 0.05) is 49.3 Å². The zero-order chi connectivity index (χ0) is 36.8. The minimum Gasteiger partial charge on any atom is -0.490 e. The molecule has 1 saturated carbocycles. The van der Waals surface area contributed by atoms with Gasteiger partial charge < -0.3 is 28.9 Å². The molecule has 2 fully saturated rings. The van der Waals surface area contributed by atoms with E-state index in [0.717, 1.165) is 41.1 Å². The summed E-state index contributed by atoms with van der Waals surface area (Å²) in [5.74, 6) is -0.636. The number of carbonyl (C=O) groups excluding carboxylic acids is 2. The van der Waals surface area contributed by atoms with Crippen molar-refractivity contribution < 1.29 is 37.0 Å². The Kier molecular flexibility index (Phi) is 9.96. The summed E-state index contributed by atoms with van der Waals surface area (Å²) in [6.07, 6.45) is 0.736. The number of anilines is 1. The number of rotatable bonds is 9. The van der Waals surface area contributed by atoms with E-state index in [-0.39, 0.29) is 46.1 Å². The van der Waals surface area contributed by atoms with E-state index in [1.165, 1.54) is 6.07 Å². The van der Waals surface area contributed by atoms with Crippen molar-refractivity contribution in [2.75, 3.05) is 31.1 Å². The molecule has 0 N–H and O–H groups in total. The van der Waals surface area contributed by atoms with Gasteiger partial charge in [-0.3, -0.25) is 9.78 Å². The molecule has 2 aliphatic heterocycles. The van der Waals surface area contributed by atoms with Crippen molar-refractivity contribution in [3.63, 3.8) is 0 Å². The fourth-order valence-corrected chi connectivity index (χ4v) is 7.15. The smallest absolute Gasteiger partial charge is 0.410 e. The first-order chi connectivity index (χ1) is 24.0. The molecule has 0 bridgehead atoms. The van der Waals surface area contributed by atoms with E-state index in [0.29, 0.717) is 37.6 Å². The van der Waals surface area contributed by atoms with Gasteiger partial charge in [0.2, 0.25) is 0 Å². The summed E-state index contributed by atoms with van der Waals surface area (Å²) < 4.78 is 58.6. The van der Waals surface area contributed by atoms with Crippen LogP contribution in [0.1, 0.15) is 82.0 Å². The van der Waals surface area contributed by atoms with Gasteiger partial charge in [0.05, 0.1) is 23.8 Å². The molecule has 3 aliphatic rings. The fourth-order valence-electron chi connectivity index (χ4n) is 6.95. The van der Waals surface area contributed by atoms with E-state index in [2.05, 4.69) is 20.2 Å². The fraction of sp³-hybridized carbons (Fsp3) is 0.543. The number of ether oxygens (including phenoxy) is 3. The average molecular weight is 732 g/mol. The summed E-state index contributed by atoms with van der Waals surface area (Å²) in [7, 11) is 0. The second-order valence-electron chi connectivity index (χ2n) is 14.7. The topological polar surface area (TPSA) is 123 Å². The highest BCUT2D eigenvalue weighted by atomic mass is 35.5. The normalized spacial score (nSPS) is 18.3. The second-order valence-corrected chi connectivity index (χ2v) is 15.0. The molecule has 1 aromatic carbocycles. The minimum absolute atomic E-state index is 0.0250. The largest absolute Gasteiger partial charge is 0.490 e. The Balaban J connectivity index is 1.10. The monoisotopic (exact) mass is 731 g/mol. The quantitative estimate of drug-likeness (QED) is 0.230. The van der Waals surface area contributed by atoms with Crippen LogP contribution in [-0.4, -0.2) is 92.3 Å². The lowest BCUT2D eigenvalue weighted by Crippen LogP contribution is -2.65. The Morgan fingerprint density at radius 1 is 1.12 bits per heavy atom. The number of alkyl halides is 2. The zero-order valence-electron chi connectivity index (χ0n) is 29.3. The van der Waals surface area contributed by atoms with Crippen LogP contribution in [0.3, 0.4) is 0 Å². The zero-order valence-corrected chi connectivity index (χ0v) is 30.1. The summed E-state index contributed by atoms with van der Waals surface area (Å²) in [5, 5.41) is 7.91. The van der Waals surface area contributed by atoms with Gasteiger partial charge in [-0.1, -0.05) is 16.7 Å². The number of halogens is 4. The van der Waals surface area contributed by atoms with E-state index in [4.69, 9.17) is 25.8 Å². The van der Waals surface area contributed by atoms with Gasteiger partial charge in [-0.2, -0.15) is 4.98 Å². The first-order valence-corrected chi connectivity index (χ1v) is 17.3. The summed E-state index contributed by atoms with van der Waals surface area (Å²) in [6.45, 7) is 11.6. The molecule has 2 amide bonds. The van der Waals surface area contributed by atoms with E-state index < -0.39 is 36.3 Å². The van der Waals surface area contributed by atoms with Crippen molar-refractivity contribution in [1.82, 2.24) is 30.0 Å². The number of pyridine rings is 1. The number of hydrogen-bond acceptors (Lipinski definition) is 10. The first-order valence-electron chi connectivity index (χ1n) is 16.9. The molecule has 0 radical (unpaired) electrons. The predicted octanol–water partition coefficient (Wildman–Crippen LogP) is 6.87. The maximum Gasteiger partial charge on any atom is 0.410 e. The van der Waals surface area contributed by atoms with Gasteiger partial charge in [-0.15, -0.1) is 5.10 Å². The lowest BCUT2D eigenvalue weighted by Gasteiger charge is -2.58. The van der Waals surface area contributed by atoms with Crippen molar-refractivity contribution in [1.29, 1.82) is 0 Å². The Bertz CT molecular complexity index is 1800. The standard InChI is InChI=1S/C35H41ClF3N7O5/c1-19(2)46(16-27(38)39)31(47)23-13-21(37)7-8-25(23)50-32-41-30(29(36)42-43-32)44-17-35(18-44)14-22(15-35)49-26-9-11-40-24-10-12-45(20(3)28(24)26)33(48)51-34(4,5)6/h7-9,11,13,19-20,22,27H,10,12,14-18H2,1-6H3. The van der Waals surface area contributed by atoms with Gasteiger partial charge >= 0.3 is 12.1 Å². The molecule has 1 spiro atoms. The van der Waals surface area contributed by atoms with Crippen LogP contribution in [0.5, 0.6) is 17.5 Å². The van der Waals surface area contributed by atoms with Gasteiger partial charge in [0.25, 0.3) is 12.3 Å². The third-order valence-corrected chi connectivity index (χ3v) is 9.55.